The monoisotopic (exact) mass is 513 g/mol. The number of halogens is 1. The lowest BCUT2D eigenvalue weighted by Crippen LogP contribution is -2.41. The number of amides is 2. The molecule has 1 aliphatic heterocycles. The number of piperidine rings is 1. The Labute approximate surface area is 208 Å². The van der Waals surface area contributed by atoms with Crippen LogP contribution in [0.2, 0.25) is 5.02 Å². The molecule has 1 aliphatic rings. The smallest absolute Gasteiger partial charge is 0.264 e. The Morgan fingerprint density at radius 2 is 1.71 bits per heavy atom. The first-order valence-electron chi connectivity index (χ1n) is 11.0. The van der Waals surface area contributed by atoms with E-state index in [0.29, 0.717) is 47.9 Å². The van der Waals surface area contributed by atoms with Crippen molar-refractivity contribution >= 4 is 45.1 Å². The Morgan fingerprint density at radius 1 is 1.03 bits per heavy atom. The van der Waals surface area contributed by atoms with Crippen LogP contribution in [0.25, 0.3) is 0 Å². The van der Waals surface area contributed by atoms with Crippen molar-refractivity contribution in [2.75, 3.05) is 23.1 Å². The van der Waals surface area contributed by atoms with Crippen molar-refractivity contribution in [3.63, 3.8) is 0 Å². The number of anilines is 2. The van der Waals surface area contributed by atoms with Gasteiger partial charge in [0.25, 0.3) is 15.9 Å². The summed E-state index contributed by atoms with van der Waals surface area (Å²) < 4.78 is 27.5. The van der Waals surface area contributed by atoms with E-state index in [0.717, 1.165) is 0 Å². The molecule has 0 radical (unpaired) electrons. The molecule has 1 saturated heterocycles. The molecule has 1 fully saturated rings. The first-order chi connectivity index (χ1) is 16.7. The predicted molar refractivity (Wildman–Crippen MR) is 133 cm³/mol. The van der Waals surface area contributed by atoms with E-state index in [1.807, 2.05) is 0 Å². The summed E-state index contributed by atoms with van der Waals surface area (Å²) in [4.78, 5) is 35.1. The summed E-state index contributed by atoms with van der Waals surface area (Å²) in [5.41, 5.74) is 1.57. The molecule has 0 atom stereocenters. The molecule has 11 heteroatoms. The summed E-state index contributed by atoms with van der Waals surface area (Å²) in [7, 11) is -3.87. The van der Waals surface area contributed by atoms with Gasteiger partial charge in [0.2, 0.25) is 11.9 Å². The van der Waals surface area contributed by atoms with Crippen LogP contribution < -0.4 is 10.0 Å². The molecule has 2 heterocycles. The van der Waals surface area contributed by atoms with Gasteiger partial charge in [-0.3, -0.25) is 9.59 Å². The molecular weight excluding hydrogens is 490 g/mol. The lowest BCUT2D eigenvalue weighted by Gasteiger charge is -2.31. The number of sulfonamides is 1. The van der Waals surface area contributed by atoms with Gasteiger partial charge < -0.3 is 10.2 Å². The van der Waals surface area contributed by atoms with Crippen LogP contribution in [0, 0.1) is 12.8 Å². The number of rotatable bonds is 6. The zero-order valence-electron chi connectivity index (χ0n) is 18.9. The van der Waals surface area contributed by atoms with Crippen molar-refractivity contribution in [2.45, 2.75) is 24.7 Å². The molecule has 1 aromatic heterocycles. The van der Waals surface area contributed by atoms with Gasteiger partial charge >= 0.3 is 0 Å². The van der Waals surface area contributed by atoms with E-state index in [1.165, 1.54) is 30.5 Å². The molecule has 0 unspecified atom stereocenters. The number of nitrogens with zero attached hydrogens (tertiary/aromatic N) is 3. The molecule has 2 N–H and O–H groups in total. The number of carbonyl (C=O) groups is 2. The molecule has 0 bridgehead atoms. The standard InChI is InChI=1S/C24H24ClN5O4S/c1-16-10-13-26-24(27-16)29-35(33,34)19-8-6-18(7-9-19)28-22(31)17-11-14-30(15-12-17)23(32)20-4-2-3-5-21(20)25/h2-10,13,17H,11-12,14-15H2,1H3,(H,28,31)(H,26,27,29). The van der Waals surface area contributed by atoms with Crippen molar-refractivity contribution in [3.8, 4) is 0 Å². The first-order valence-corrected chi connectivity index (χ1v) is 12.9. The maximum Gasteiger partial charge on any atom is 0.264 e. The third-order valence-corrected chi connectivity index (χ3v) is 7.38. The van der Waals surface area contributed by atoms with Crippen LogP contribution >= 0.6 is 11.6 Å². The van der Waals surface area contributed by atoms with Crippen LogP contribution in [0.4, 0.5) is 11.6 Å². The van der Waals surface area contributed by atoms with Gasteiger partial charge in [0.05, 0.1) is 15.5 Å². The van der Waals surface area contributed by atoms with Crippen molar-refractivity contribution < 1.29 is 18.0 Å². The Hall–Kier alpha value is -3.50. The van der Waals surface area contributed by atoms with E-state index in [-0.39, 0.29) is 28.6 Å². The van der Waals surface area contributed by atoms with E-state index in [2.05, 4.69) is 20.0 Å². The minimum Gasteiger partial charge on any atom is -0.339 e. The molecule has 0 saturated carbocycles. The second kappa shape index (κ2) is 10.4. The van der Waals surface area contributed by atoms with Crippen LogP contribution in [0.5, 0.6) is 0 Å². The lowest BCUT2D eigenvalue weighted by atomic mass is 9.95. The van der Waals surface area contributed by atoms with E-state index < -0.39 is 10.0 Å². The minimum absolute atomic E-state index is 0.0123. The average Bonchev–Trinajstić information content (AvgIpc) is 2.84. The fourth-order valence-corrected chi connectivity index (χ4v) is 4.96. The second-order valence-corrected chi connectivity index (χ2v) is 10.3. The fourth-order valence-electron chi connectivity index (χ4n) is 3.79. The predicted octanol–water partition coefficient (Wildman–Crippen LogP) is 3.73. The van der Waals surface area contributed by atoms with Crippen LogP contribution in [0.15, 0.2) is 65.7 Å². The van der Waals surface area contributed by atoms with Gasteiger partial charge in [0.15, 0.2) is 0 Å². The number of likely N-dealkylation sites (tertiary alicyclic amines) is 1. The molecule has 0 aliphatic carbocycles. The van der Waals surface area contributed by atoms with Gasteiger partial charge in [-0.2, -0.15) is 0 Å². The molecule has 2 aromatic carbocycles. The van der Waals surface area contributed by atoms with Gasteiger partial charge in [-0.05, 0) is 62.2 Å². The summed E-state index contributed by atoms with van der Waals surface area (Å²) in [5.74, 6) is -0.580. The van der Waals surface area contributed by atoms with E-state index in [1.54, 1.807) is 42.2 Å². The summed E-state index contributed by atoms with van der Waals surface area (Å²) in [6.07, 6.45) is 2.51. The summed E-state index contributed by atoms with van der Waals surface area (Å²) in [5, 5.41) is 3.24. The topological polar surface area (TPSA) is 121 Å². The summed E-state index contributed by atoms with van der Waals surface area (Å²) in [6.45, 7) is 2.63. The molecule has 9 nitrogen and oxygen atoms in total. The molecule has 35 heavy (non-hydrogen) atoms. The average molecular weight is 514 g/mol. The van der Waals surface area contributed by atoms with Crippen molar-refractivity contribution in [3.05, 3.63) is 77.1 Å². The Kier molecular flexibility index (Phi) is 7.32. The largest absolute Gasteiger partial charge is 0.339 e. The summed E-state index contributed by atoms with van der Waals surface area (Å²) >= 11 is 6.13. The zero-order valence-corrected chi connectivity index (χ0v) is 20.5. The van der Waals surface area contributed by atoms with Gasteiger partial charge in [-0.25, -0.2) is 23.1 Å². The van der Waals surface area contributed by atoms with Crippen molar-refractivity contribution in [1.82, 2.24) is 14.9 Å². The molecule has 4 rings (SSSR count). The highest BCUT2D eigenvalue weighted by Crippen LogP contribution is 2.24. The van der Waals surface area contributed by atoms with Crippen LogP contribution in [0.3, 0.4) is 0 Å². The number of aromatic nitrogens is 2. The van der Waals surface area contributed by atoms with Gasteiger partial charge in [0.1, 0.15) is 0 Å². The highest BCUT2D eigenvalue weighted by molar-refractivity contribution is 7.92. The maximum atomic E-state index is 12.7. The van der Waals surface area contributed by atoms with Gasteiger partial charge in [-0.15, -0.1) is 0 Å². The number of aryl methyl sites for hydroxylation is 1. The summed E-state index contributed by atoms with van der Waals surface area (Å²) in [6, 6.07) is 14.4. The maximum absolute atomic E-state index is 12.7. The number of nitrogens with one attached hydrogen (secondary N) is 2. The van der Waals surface area contributed by atoms with Crippen molar-refractivity contribution in [1.29, 1.82) is 0 Å². The van der Waals surface area contributed by atoms with Crippen LogP contribution in [-0.2, 0) is 14.8 Å². The quantitative estimate of drug-likeness (QED) is 0.518. The Morgan fingerprint density at radius 3 is 2.37 bits per heavy atom. The zero-order chi connectivity index (χ0) is 25.0. The Bertz CT molecular complexity index is 1340. The molecule has 182 valence electrons. The lowest BCUT2D eigenvalue weighted by molar-refractivity contribution is -0.121. The highest BCUT2D eigenvalue weighted by Gasteiger charge is 2.28. The first kappa shape index (κ1) is 24.6. The van der Waals surface area contributed by atoms with E-state index >= 15 is 0 Å². The van der Waals surface area contributed by atoms with Gasteiger partial charge in [0, 0.05) is 36.6 Å². The molecule has 2 amide bonds. The minimum atomic E-state index is -3.87. The van der Waals surface area contributed by atoms with E-state index in [4.69, 9.17) is 11.6 Å². The second-order valence-electron chi connectivity index (χ2n) is 8.19. The molecular formula is C24H24ClN5O4S. The van der Waals surface area contributed by atoms with E-state index in [9.17, 15) is 18.0 Å². The molecule has 3 aromatic rings. The number of benzene rings is 2. The number of hydrogen-bond donors (Lipinski definition) is 2. The Balaban J connectivity index is 1.33. The van der Waals surface area contributed by atoms with Gasteiger partial charge in [-0.1, -0.05) is 23.7 Å². The third-order valence-electron chi connectivity index (χ3n) is 5.71. The van der Waals surface area contributed by atoms with Crippen LogP contribution in [-0.4, -0.2) is 48.2 Å². The SMILES string of the molecule is Cc1ccnc(NS(=O)(=O)c2ccc(NC(=O)C3CCN(C(=O)c4ccccc4Cl)CC3)cc2)n1. The number of carbonyl (C=O) groups excluding carboxylic acids is 2. The highest BCUT2D eigenvalue weighted by atomic mass is 35.5. The van der Waals surface area contributed by atoms with Crippen LogP contribution in [0.1, 0.15) is 28.9 Å². The van der Waals surface area contributed by atoms with Crippen molar-refractivity contribution in [2.24, 2.45) is 5.92 Å². The third kappa shape index (κ3) is 5.95. The number of hydrogen-bond acceptors (Lipinski definition) is 6. The fraction of sp³-hybridized carbons (Fsp3) is 0.250. The molecule has 0 spiro atoms. The normalized spacial score (nSPS) is 14.4.